The van der Waals surface area contributed by atoms with Gasteiger partial charge in [0.2, 0.25) is 0 Å². The highest BCUT2D eigenvalue weighted by molar-refractivity contribution is 7.80. The van der Waals surface area contributed by atoms with E-state index < -0.39 is 0 Å². The molecule has 4 heteroatoms. The molecule has 0 aromatic carbocycles. The van der Waals surface area contributed by atoms with Gasteiger partial charge in [-0.3, -0.25) is 4.79 Å². The zero-order chi connectivity index (χ0) is 13.1. The van der Waals surface area contributed by atoms with Crippen molar-refractivity contribution in [2.24, 2.45) is 17.8 Å². The minimum Gasteiger partial charge on any atom is -0.371 e. The number of carbonyl (C=O) groups is 2. The second-order valence-electron chi connectivity index (χ2n) is 5.26. The fourth-order valence-corrected chi connectivity index (χ4v) is 3.44. The molecular weight excluding hydrogens is 248 g/mol. The van der Waals surface area contributed by atoms with Crippen LogP contribution in [-0.4, -0.2) is 24.6 Å². The van der Waals surface area contributed by atoms with Crippen LogP contribution in [-0.2, 0) is 14.3 Å². The first kappa shape index (κ1) is 13.8. The van der Waals surface area contributed by atoms with Gasteiger partial charge in [0.1, 0.15) is 11.7 Å². The van der Waals surface area contributed by atoms with Crippen molar-refractivity contribution >= 4 is 24.7 Å². The first-order valence-electron chi connectivity index (χ1n) is 6.56. The highest BCUT2D eigenvalue weighted by Crippen LogP contribution is 2.44. The average Bonchev–Trinajstić information content (AvgIpc) is 2.39. The Bertz CT molecular complexity index is 364. The van der Waals surface area contributed by atoms with Crippen molar-refractivity contribution in [2.45, 2.75) is 37.5 Å². The van der Waals surface area contributed by atoms with E-state index in [9.17, 15) is 9.59 Å². The Hall–Kier alpha value is -0.610. The zero-order valence-corrected chi connectivity index (χ0v) is 11.6. The first-order chi connectivity index (χ1) is 8.65. The number of methoxy groups -OCH3 is 1. The van der Waals surface area contributed by atoms with E-state index >= 15 is 0 Å². The molecule has 4 atom stereocenters. The van der Waals surface area contributed by atoms with Gasteiger partial charge in [-0.05, 0) is 43.6 Å². The number of thiol groups is 1. The molecule has 1 saturated carbocycles. The van der Waals surface area contributed by atoms with E-state index in [1.165, 1.54) is 5.57 Å². The van der Waals surface area contributed by atoms with Gasteiger partial charge in [-0.25, -0.2) is 0 Å². The molecule has 2 aliphatic carbocycles. The van der Waals surface area contributed by atoms with Crippen molar-refractivity contribution < 1.29 is 14.3 Å². The molecule has 100 valence electrons. The minimum absolute atomic E-state index is 0.0169. The second-order valence-corrected chi connectivity index (χ2v) is 5.83. The third kappa shape index (κ3) is 2.86. The van der Waals surface area contributed by atoms with Gasteiger partial charge in [-0.1, -0.05) is 5.57 Å². The standard InChI is InChI=1S/C14H20O3S/c1-17-14(18)7-13-10(8-15)3-2-9-4-5-11(16)6-12(9)13/h6,8-10,13-14,18H,2-5,7H2,1H3. The third-order valence-electron chi connectivity index (χ3n) is 4.23. The van der Waals surface area contributed by atoms with Crippen LogP contribution in [0.1, 0.15) is 32.1 Å². The third-order valence-corrected chi connectivity index (χ3v) is 4.66. The van der Waals surface area contributed by atoms with Gasteiger partial charge in [-0.15, -0.1) is 12.6 Å². The SMILES string of the molecule is COC(S)CC1C2=CC(=O)CCC2CCC1C=O. The number of ketones is 1. The molecule has 0 spiro atoms. The summed E-state index contributed by atoms with van der Waals surface area (Å²) >= 11 is 4.35. The first-order valence-corrected chi connectivity index (χ1v) is 7.07. The lowest BCUT2D eigenvalue weighted by Gasteiger charge is -2.39. The van der Waals surface area contributed by atoms with Crippen molar-refractivity contribution in [1.82, 2.24) is 0 Å². The summed E-state index contributed by atoms with van der Waals surface area (Å²) in [5, 5.41) is 0. The summed E-state index contributed by atoms with van der Waals surface area (Å²) in [5.74, 6) is 0.836. The van der Waals surface area contributed by atoms with Crippen LogP contribution in [0.2, 0.25) is 0 Å². The summed E-state index contributed by atoms with van der Waals surface area (Å²) in [6.07, 6.45) is 7.08. The monoisotopic (exact) mass is 268 g/mol. The lowest BCUT2D eigenvalue weighted by atomic mass is 9.66. The quantitative estimate of drug-likeness (QED) is 0.484. The number of aldehydes is 1. The van der Waals surface area contributed by atoms with Gasteiger partial charge in [-0.2, -0.15) is 0 Å². The second kappa shape index (κ2) is 6.02. The summed E-state index contributed by atoms with van der Waals surface area (Å²) in [7, 11) is 1.62. The van der Waals surface area contributed by atoms with Crippen LogP contribution in [0.15, 0.2) is 11.6 Å². The van der Waals surface area contributed by atoms with Crippen LogP contribution < -0.4 is 0 Å². The van der Waals surface area contributed by atoms with E-state index in [1.54, 1.807) is 13.2 Å². The Labute approximate surface area is 113 Å². The van der Waals surface area contributed by atoms with Gasteiger partial charge < -0.3 is 9.53 Å². The fraction of sp³-hybridized carbons (Fsp3) is 0.714. The highest BCUT2D eigenvalue weighted by atomic mass is 32.1. The van der Waals surface area contributed by atoms with Gasteiger partial charge in [0, 0.05) is 19.4 Å². The van der Waals surface area contributed by atoms with Gasteiger partial charge in [0.25, 0.3) is 0 Å². The zero-order valence-electron chi connectivity index (χ0n) is 10.7. The van der Waals surface area contributed by atoms with Crippen molar-refractivity contribution in [2.75, 3.05) is 7.11 Å². The number of allylic oxidation sites excluding steroid dienone is 2. The van der Waals surface area contributed by atoms with Gasteiger partial charge in [0.15, 0.2) is 5.78 Å². The van der Waals surface area contributed by atoms with E-state index in [2.05, 4.69) is 12.6 Å². The van der Waals surface area contributed by atoms with Crippen LogP contribution in [0.3, 0.4) is 0 Å². The van der Waals surface area contributed by atoms with Crippen molar-refractivity contribution in [3.63, 3.8) is 0 Å². The minimum atomic E-state index is -0.172. The van der Waals surface area contributed by atoms with E-state index in [0.717, 1.165) is 25.5 Å². The van der Waals surface area contributed by atoms with Crippen molar-refractivity contribution in [1.29, 1.82) is 0 Å². The highest BCUT2D eigenvalue weighted by Gasteiger charge is 2.37. The molecule has 0 bridgehead atoms. The van der Waals surface area contributed by atoms with Crippen molar-refractivity contribution in [3.05, 3.63) is 11.6 Å². The predicted molar refractivity (Wildman–Crippen MR) is 72.5 cm³/mol. The topological polar surface area (TPSA) is 43.4 Å². The van der Waals surface area contributed by atoms with Crippen LogP contribution >= 0.6 is 12.6 Å². The molecule has 0 aromatic heterocycles. The largest absolute Gasteiger partial charge is 0.371 e. The molecule has 0 amide bonds. The van der Waals surface area contributed by atoms with Crippen LogP contribution in [0, 0.1) is 17.8 Å². The lowest BCUT2D eigenvalue weighted by molar-refractivity contribution is -0.117. The molecule has 2 aliphatic rings. The van der Waals surface area contributed by atoms with E-state index in [1.807, 2.05) is 0 Å². The predicted octanol–water partition coefficient (Wildman–Crippen LogP) is 2.41. The van der Waals surface area contributed by atoms with E-state index in [-0.39, 0.29) is 23.1 Å². The summed E-state index contributed by atoms with van der Waals surface area (Å²) in [6, 6.07) is 0. The molecule has 0 radical (unpaired) electrons. The number of carbonyl (C=O) groups excluding carboxylic acids is 2. The maximum Gasteiger partial charge on any atom is 0.155 e. The van der Waals surface area contributed by atoms with E-state index in [4.69, 9.17) is 4.74 Å². The van der Waals surface area contributed by atoms with Crippen LogP contribution in [0.25, 0.3) is 0 Å². The number of ether oxygens (including phenoxy) is 1. The Morgan fingerprint density at radius 3 is 2.94 bits per heavy atom. The molecule has 0 saturated heterocycles. The maximum absolute atomic E-state index is 11.6. The molecule has 18 heavy (non-hydrogen) atoms. The molecule has 0 heterocycles. The molecule has 0 aliphatic heterocycles. The summed E-state index contributed by atoms with van der Waals surface area (Å²) < 4.78 is 5.19. The summed E-state index contributed by atoms with van der Waals surface area (Å²) in [4.78, 5) is 22.8. The number of rotatable bonds is 4. The molecular formula is C14H20O3S. The lowest BCUT2D eigenvalue weighted by Crippen LogP contribution is -2.33. The van der Waals surface area contributed by atoms with Crippen molar-refractivity contribution in [3.8, 4) is 0 Å². The summed E-state index contributed by atoms with van der Waals surface area (Å²) in [6.45, 7) is 0. The maximum atomic E-state index is 11.6. The normalized spacial score (nSPS) is 33.6. The number of hydrogen-bond acceptors (Lipinski definition) is 4. The average molecular weight is 268 g/mol. The van der Waals surface area contributed by atoms with E-state index in [0.29, 0.717) is 18.8 Å². The Balaban J connectivity index is 2.22. The Kier molecular flexibility index (Phi) is 4.62. The smallest absolute Gasteiger partial charge is 0.155 e. The number of fused-ring (bicyclic) bond motifs is 1. The molecule has 2 rings (SSSR count). The Morgan fingerprint density at radius 2 is 2.28 bits per heavy atom. The van der Waals surface area contributed by atoms with Gasteiger partial charge >= 0.3 is 0 Å². The van der Waals surface area contributed by atoms with Crippen LogP contribution in [0.5, 0.6) is 0 Å². The fourth-order valence-electron chi connectivity index (χ4n) is 3.21. The molecule has 4 unspecified atom stereocenters. The van der Waals surface area contributed by atoms with Crippen LogP contribution in [0.4, 0.5) is 0 Å². The Morgan fingerprint density at radius 1 is 1.50 bits per heavy atom. The number of hydrogen-bond donors (Lipinski definition) is 1. The molecule has 0 N–H and O–H groups in total. The summed E-state index contributed by atoms with van der Waals surface area (Å²) in [5.41, 5.74) is 1.000. The molecule has 1 fully saturated rings. The molecule has 0 aromatic rings. The van der Waals surface area contributed by atoms with Gasteiger partial charge in [0.05, 0.1) is 0 Å². The molecule has 3 nitrogen and oxygen atoms in total.